The van der Waals surface area contributed by atoms with E-state index >= 15 is 0 Å². The van der Waals surface area contributed by atoms with E-state index in [2.05, 4.69) is 14.8 Å². The topological polar surface area (TPSA) is 100 Å². The molecule has 0 spiro atoms. The summed E-state index contributed by atoms with van der Waals surface area (Å²) in [5.41, 5.74) is -0.0939. The van der Waals surface area contributed by atoms with E-state index in [0.29, 0.717) is 18.9 Å². The van der Waals surface area contributed by atoms with E-state index in [1.807, 2.05) is 20.8 Å². The number of nitrogens with one attached hydrogen (secondary N) is 1. The smallest absolute Gasteiger partial charge is 0.407 e. The van der Waals surface area contributed by atoms with Crippen molar-refractivity contribution in [3.8, 4) is 5.75 Å². The molecule has 8 heteroatoms. The summed E-state index contributed by atoms with van der Waals surface area (Å²) in [5, 5.41) is 2.70. The molecule has 0 aliphatic heterocycles. The molecule has 0 aliphatic carbocycles. The van der Waals surface area contributed by atoms with Gasteiger partial charge < -0.3 is 24.3 Å². The third-order valence-corrected chi connectivity index (χ3v) is 3.51. The van der Waals surface area contributed by atoms with Crippen molar-refractivity contribution in [1.29, 1.82) is 0 Å². The van der Waals surface area contributed by atoms with Gasteiger partial charge in [0, 0.05) is 6.54 Å². The van der Waals surface area contributed by atoms with Crippen molar-refractivity contribution in [2.75, 3.05) is 27.4 Å². The van der Waals surface area contributed by atoms with Crippen LogP contribution in [0.3, 0.4) is 0 Å². The molecule has 28 heavy (non-hydrogen) atoms. The third kappa shape index (κ3) is 8.75. The van der Waals surface area contributed by atoms with Gasteiger partial charge in [-0.1, -0.05) is 0 Å². The summed E-state index contributed by atoms with van der Waals surface area (Å²) in [6.07, 6.45) is 1.92. The van der Waals surface area contributed by atoms with E-state index in [4.69, 9.17) is 9.47 Å². The molecule has 156 valence electrons. The van der Waals surface area contributed by atoms with E-state index in [1.165, 1.54) is 32.4 Å². The zero-order chi connectivity index (χ0) is 21.2. The Labute approximate surface area is 165 Å². The van der Waals surface area contributed by atoms with Crippen LogP contribution >= 0.6 is 0 Å². The molecule has 1 amide bonds. The van der Waals surface area contributed by atoms with Gasteiger partial charge in [0.2, 0.25) is 0 Å². The molecule has 1 aromatic rings. The molecule has 0 aromatic heterocycles. The summed E-state index contributed by atoms with van der Waals surface area (Å²) < 4.78 is 20.2. The molecule has 0 saturated heterocycles. The van der Waals surface area contributed by atoms with Crippen LogP contribution < -0.4 is 10.1 Å². The molecule has 1 N–H and O–H groups in total. The fourth-order valence-corrected chi connectivity index (χ4v) is 2.25. The van der Waals surface area contributed by atoms with E-state index in [9.17, 15) is 14.4 Å². The fraction of sp³-hybridized carbons (Fsp3) is 0.550. The summed E-state index contributed by atoms with van der Waals surface area (Å²) in [6, 6.07) is 4.43. The van der Waals surface area contributed by atoms with Gasteiger partial charge in [0.05, 0.1) is 32.0 Å². The summed E-state index contributed by atoms with van der Waals surface area (Å²) >= 11 is 0. The lowest BCUT2D eigenvalue weighted by Gasteiger charge is -2.19. The molecular weight excluding hydrogens is 366 g/mol. The van der Waals surface area contributed by atoms with Gasteiger partial charge in [0.25, 0.3) is 0 Å². The second-order valence-electron chi connectivity index (χ2n) is 7.07. The highest BCUT2D eigenvalue weighted by Crippen LogP contribution is 2.19. The molecule has 0 atom stereocenters. The first-order valence-corrected chi connectivity index (χ1v) is 9.07. The highest BCUT2D eigenvalue weighted by Gasteiger charge is 2.16. The zero-order valence-corrected chi connectivity index (χ0v) is 17.1. The molecule has 0 radical (unpaired) electrons. The van der Waals surface area contributed by atoms with Gasteiger partial charge in [-0.05, 0) is 58.2 Å². The number of benzene rings is 1. The average Bonchev–Trinajstić information content (AvgIpc) is 2.64. The first-order valence-electron chi connectivity index (χ1n) is 9.07. The van der Waals surface area contributed by atoms with Crippen molar-refractivity contribution < 1.29 is 33.3 Å². The second-order valence-corrected chi connectivity index (χ2v) is 7.07. The van der Waals surface area contributed by atoms with Gasteiger partial charge in [-0.25, -0.2) is 14.4 Å². The molecule has 0 unspecified atom stereocenters. The monoisotopic (exact) mass is 395 g/mol. The van der Waals surface area contributed by atoms with Crippen LogP contribution in [0.5, 0.6) is 5.75 Å². The van der Waals surface area contributed by atoms with E-state index in [0.717, 1.165) is 19.3 Å². The molecule has 0 saturated carbocycles. The van der Waals surface area contributed by atoms with Crippen LogP contribution in [0.2, 0.25) is 0 Å². The Balaban J connectivity index is 2.43. The Morgan fingerprint density at radius 1 is 0.893 bits per heavy atom. The largest absolute Gasteiger partial charge is 0.494 e. The number of ether oxygens (including phenoxy) is 4. The SMILES string of the molecule is COC(=O)c1cc(OCCCCCNC(=O)OC(C)(C)C)cc(C(=O)OC)c1. The van der Waals surface area contributed by atoms with Crippen molar-refractivity contribution in [2.24, 2.45) is 0 Å². The Hall–Kier alpha value is -2.77. The first-order chi connectivity index (χ1) is 13.2. The molecule has 1 rings (SSSR count). The van der Waals surface area contributed by atoms with Crippen molar-refractivity contribution in [2.45, 2.75) is 45.6 Å². The maximum atomic E-state index is 11.7. The molecule has 0 bridgehead atoms. The van der Waals surface area contributed by atoms with E-state index < -0.39 is 23.6 Å². The quantitative estimate of drug-likeness (QED) is 0.389. The Morgan fingerprint density at radius 3 is 1.96 bits per heavy atom. The van der Waals surface area contributed by atoms with Crippen LogP contribution in [0.4, 0.5) is 4.79 Å². The predicted molar refractivity (Wildman–Crippen MR) is 103 cm³/mol. The van der Waals surface area contributed by atoms with Gasteiger partial charge in [-0.2, -0.15) is 0 Å². The molecule has 1 aromatic carbocycles. The number of esters is 2. The second kappa shape index (κ2) is 11.2. The van der Waals surface area contributed by atoms with Gasteiger partial charge in [0.1, 0.15) is 11.4 Å². The number of alkyl carbamates (subject to hydrolysis) is 1. The Kier molecular flexibility index (Phi) is 9.27. The van der Waals surface area contributed by atoms with Crippen LogP contribution in [0.15, 0.2) is 18.2 Å². The molecular formula is C20H29NO7. The number of methoxy groups -OCH3 is 2. The molecule has 8 nitrogen and oxygen atoms in total. The molecule has 0 heterocycles. The summed E-state index contributed by atoms with van der Waals surface area (Å²) in [5.74, 6) is -0.747. The first kappa shape index (κ1) is 23.3. The number of amides is 1. The van der Waals surface area contributed by atoms with Crippen molar-refractivity contribution in [3.05, 3.63) is 29.3 Å². The lowest BCUT2D eigenvalue weighted by atomic mass is 10.1. The minimum absolute atomic E-state index is 0.210. The number of carbonyl (C=O) groups excluding carboxylic acids is 3. The minimum atomic E-state index is -0.566. The number of rotatable bonds is 9. The third-order valence-electron chi connectivity index (χ3n) is 3.51. The highest BCUT2D eigenvalue weighted by atomic mass is 16.6. The lowest BCUT2D eigenvalue weighted by molar-refractivity contribution is 0.0524. The number of unbranched alkanes of at least 4 members (excludes halogenated alkanes) is 2. The lowest BCUT2D eigenvalue weighted by Crippen LogP contribution is -2.33. The van der Waals surface area contributed by atoms with E-state index in [-0.39, 0.29) is 11.1 Å². The van der Waals surface area contributed by atoms with Gasteiger partial charge in [-0.3, -0.25) is 0 Å². The van der Waals surface area contributed by atoms with Gasteiger partial charge in [0.15, 0.2) is 0 Å². The number of hydrogen-bond donors (Lipinski definition) is 1. The standard InChI is InChI=1S/C20H29NO7/c1-20(2,3)28-19(24)21-9-7-6-8-10-27-16-12-14(17(22)25-4)11-15(13-16)18(23)26-5/h11-13H,6-10H2,1-5H3,(H,21,24). The van der Waals surface area contributed by atoms with Gasteiger partial charge in [-0.15, -0.1) is 0 Å². The average molecular weight is 395 g/mol. The molecule has 0 fully saturated rings. The predicted octanol–water partition coefficient (Wildman–Crippen LogP) is 3.33. The van der Waals surface area contributed by atoms with Crippen molar-refractivity contribution in [3.63, 3.8) is 0 Å². The van der Waals surface area contributed by atoms with Crippen LogP contribution in [-0.4, -0.2) is 51.0 Å². The van der Waals surface area contributed by atoms with Gasteiger partial charge >= 0.3 is 18.0 Å². The van der Waals surface area contributed by atoms with Crippen LogP contribution in [0, 0.1) is 0 Å². The number of hydrogen-bond acceptors (Lipinski definition) is 7. The summed E-state index contributed by atoms with van der Waals surface area (Å²) in [6.45, 7) is 6.34. The highest BCUT2D eigenvalue weighted by molar-refractivity contribution is 5.96. The summed E-state index contributed by atoms with van der Waals surface area (Å²) in [7, 11) is 2.53. The molecule has 0 aliphatic rings. The van der Waals surface area contributed by atoms with Crippen LogP contribution in [0.25, 0.3) is 0 Å². The van der Waals surface area contributed by atoms with Crippen molar-refractivity contribution >= 4 is 18.0 Å². The van der Waals surface area contributed by atoms with Crippen molar-refractivity contribution in [1.82, 2.24) is 5.32 Å². The zero-order valence-electron chi connectivity index (χ0n) is 17.1. The number of carbonyl (C=O) groups is 3. The fourth-order valence-electron chi connectivity index (χ4n) is 2.25. The van der Waals surface area contributed by atoms with Crippen LogP contribution in [0.1, 0.15) is 60.7 Å². The maximum Gasteiger partial charge on any atom is 0.407 e. The van der Waals surface area contributed by atoms with Crippen LogP contribution in [-0.2, 0) is 14.2 Å². The summed E-state index contributed by atoms with van der Waals surface area (Å²) in [4.78, 5) is 35.0. The normalized spacial score (nSPS) is 10.8. The van der Waals surface area contributed by atoms with E-state index in [1.54, 1.807) is 0 Å². The minimum Gasteiger partial charge on any atom is -0.494 e. The Morgan fingerprint density at radius 2 is 1.46 bits per heavy atom. The Bertz CT molecular complexity index is 645. The maximum absolute atomic E-state index is 11.7.